The number of ether oxygens (including phenoxy) is 1. The number of nitrogens with zero attached hydrogens (tertiary/aromatic N) is 2. The zero-order valence-corrected chi connectivity index (χ0v) is 11.2. The molecular weight excluding hydrogens is 305 g/mol. The second-order valence-corrected chi connectivity index (χ2v) is 4.21. The molecule has 0 aliphatic heterocycles. The largest absolute Gasteiger partial charge is 0.374 e. The van der Waals surface area contributed by atoms with E-state index < -0.39 is 0 Å². The maximum Gasteiger partial charge on any atom is 0.156 e. The fraction of sp³-hybridized carbons (Fsp3) is 0.600. The van der Waals surface area contributed by atoms with Crippen LogP contribution >= 0.6 is 22.6 Å². The zero-order valence-electron chi connectivity index (χ0n) is 9.09. The minimum Gasteiger partial charge on any atom is -0.374 e. The topological polar surface area (TPSA) is 47.0 Å². The second-order valence-electron chi connectivity index (χ2n) is 3.05. The van der Waals surface area contributed by atoms with Crippen molar-refractivity contribution in [3.8, 4) is 0 Å². The molecule has 0 unspecified atom stereocenters. The molecule has 0 fully saturated rings. The first-order valence-corrected chi connectivity index (χ1v) is 6.18. The van der Waals surface area contributed by atoms with Gasteiger partial charge in [-0.2, -0.15) is 0 Å². The van der Waals surface area contributed by atoms with Gasteiger partial charge in [0.2, 0.25) is 0 Å². The van der Waals surface area contributed by atoms with E-state index in [1.54, 1.807) is 0 Å². The van der Waals surface area contributed by atoms with Crippen molar-refractivity contribution < 1.29 is 4.74 Å². The lowest BCUT2D eigenvalue weighted by Crippen LogP contribution is -2.07. The summed E-state index contributed by atoms with van der Waals surface area (Å²) in [5.41, 5.74) is 0. The van der Waals surface area contributed by atoms with Crippen molar-refractivity contribution in [3.63, 3.8) is 0 Å². The van der Waals surface area contributed by atoms with E-state index >= 15 is 0 Å². The molecule has 15 heavy (non-hydrogen) atoms. The molecule has 84 valence electrons. The van der Waals surface area contributed by atoms with Crippen molar-refractivity contribution in [3.05, 3.63) is 15.6 Å². The normalized spacial score (nSPS) is 10.3. The van der Waals surface area contributed by atoms with E-state index in [0.717, 1.165) is 28.2 Å². The molecule has 1 heterocycles. The second kappa shape index (κ2) is 6.95. The summed E-state index contributed by atoms with van der Waals surface area (Å²) in [4.78, 5) is 8.59. The van der Waals surface area contributed by atoms with Gasteiger partial charge in [0.05, 0.1) is 3.57 Å². The van der Waals surface area contributed by atoms with Gasteiger partial charge in [0, 0.05) is 19.3 Å². The monoisotopic (exact) mass is 321 g/mol. The minimum absolute atomic E-state index is 0.480. The molecule has 1 aromatic heterocycles. The molecule has 1 N–H and O–H groups in total. The van der Waals surface area contributed by atoms with E-state index in [0.29, 0.717) is 13.2 Å². The zero-order chi connectivity index (χ0) is 11.1. The quantitative estimate of drug-likeness (QED) is 0.818. The summed E-state index contributed by atoms with van der Waals surface area (Å²) in [6, 6.07) is 0. The van der Waals surface area contributed by atoms with Crippen LogP contribution in [-0.4, -0.2) is 23.1 Å². The van der Waals surface area contributed by atoms with Crippen LogP contribution in [0.25, 0.3) is 0 Å². The standard InChI is InChI=1S/C10H16IN3O/c1-3-5-12-10-8(11)6-13-9(14-10)7-15-4-2/h6H,3-5,7H2,1-2H3,(H,12,13,14). The van der Waals surface area contributed by atoms with Crippen LogP contribution in [-0.2, 0) is 11.3 Å². The van der Waals surface area contributed by atoms with Gasteiger partial charge in [-0.05, 0) is 35.9 Å². The van der Waals surface area contributed by atoms with Gasteiger partial charge in [-0.1, -0.05) is 6.92 Å². The number of anilines is 1. The van der Waals surface area contributed by atoms with E-state index in [-0.39, 0.29) is 0 Å². The first-order chi connectivity index (χ1) is 7.27. The Hall–Kier alpha value is -0.430. The molecule has 0 spiro atoms. The third kappa shape index (κ3) is 4.29. The highest BCUT2D eigenvalue weighted by atomic mass is 127. The van der Waals surface area contributed by atoms with Gasteiger partial charge in [-0.3, -0.25) is 0 Å². The highest BCUT2D eigenvalue weighted by molar-refractivity contribution is 14.1. The van der Waals surface area contributed by atoms with Crippen LogP contribution in [0.15, 0.2) is 6.20 Å². The smallest absolute Gasteiger partial charge is 0.156 e. The van der Waals surface area contributed by atoms with Gasteiger partial charge in [0.15, 0.2) is 5.82 Å². The Kier molecular flexibility index (Phi) is 5.85. The number of aromatic nitrogens is 2. The molecule has 4 nitrogen and oxygen atoms in total. The third-order valence-electron chi connectivity index (χ3n) is 1.77. The van der Waals surface area contributed by atoms with Gasteiger partial charge in [0.25, 0.3) is 0 Å². The van der Waals surface area contributed by atoms with Crippen molar-refractivity contribution in [2.24, 2.45) is 0 Å². The fourth-order valence-corrected chi connectivity index (χ4v) is 1.48. The highest BCUT2D eigenvalue weighted by Crippen LogP contribution is 2.14. The van der Waals surface area contributed by atoms with E-state index in [2.05, 4.69) is 44.8 Å². The molecule has 0 aliphatic carbocycles. The number of nitrogens with one attached hydrogen (secondary N) is 1. The summed E-state index contributed by atoms with van der Waals surface area (Å²) < 4.78 is 6.31. The van der Waals surface area contributed by atoms with Crippen LogP contribution in [0.1, 0.15) is 26.1 Å². The summed E-state index contributed by atoms with van der Waals surface area (Å²) in [6.07, 6.45) is 2.90. The fourth-order valence-electron chi connectivity index (χ4n) is 1.03. The third-order valence-corrected chi connectivity index (χ3v) is 2.56. The summed E-state index contributed by atoms with van der Waals surface area (Å²) in [6.45, 7) is 6.19. The first-order valence-electron chi connectivity index (χ1n) is 5.11. The molecule has 0 atom stereocenters. The lowest BCUT2D eigenvalue weighted by Gasteiger charge is -2.07. The van der Waals surface area contributed by atoms with Crippen molar-refractivity contribution in [2.45, 2.75) is 26.9 Å². The molecule has 0 amide bonds. The Morgan fingerprint density at radius 2 is 2.27 bits per heavy atom. The van der Waals surface area contributed by atoms with Crippen LogP contribution in [0, 0.1) is 3.57 Å². The Labute approximate surface area is 104 Å². The summed E-state index contributed by atoms with van der Waals surface area (Å²) in [7, 11) is 0. The Balaban J connectivity index is 2.66. The van der Waals surface area contributed by atoms with Gasteiger partial charge in [0.1, 0.15) is 12.4 Å². The summed E-state index contributed by atoms with van der Waals surface area (Å²) in [5, 5.41) is 3.27. The van der Waals surface area contributed by atoms with E-state index in [1.807, 2.05) is 13.1 Å². The van der Waals surface area contributed by atoms with Gasteiger partial charge < -0.3 is 10.1 Å². The number of rotatable bonds is 6. The van der Waals surface area contributed by atoms with E-state index in [1.165, 1.54) is 0 Å². The van der Waals surface area contributed by atoms with Crippen LogP contribution < -0.4 is 5.32 Å². The Bertz CT molecular complexity index is 307. The lowest BCUT2D eigenvalue weighted by atomic mass is 10.4. The average Bonchev–Trinajstić information content (AvgIpc) is 2.26. The van der Waals surface area contributed by atoms with Crippen molar-refractivity contribution >= 4 is 28.4 Å². The molecule has 0 bridgehead atoms. The maximum atomic E-state index is 5.26. The Morgan fingerprint density at radius 1 is 1.47 bits per heavy atom. The van der Waals surface area contributed by atoms with E-state index in [9.17, 15) is 0 Å². The summed E-state index contributed by atoms with van der Waals surface area (Å²) >= 11 is 2.23. The van der Waals surface area contributed by atoms with Crippen molar-refractivity contribution in [1.82, 2.24) is 9.97 Å². The van der Waals surface area contributed by atoms with Gasteiger partial charge in [-0.15, -0.1) is 0 Å². The van der Waals surface area contributed by atoms with Crippen molar-refractivity contribution in [2.75, 3.05) is 18.5 Å². The number of hydrogen-bond donors (Lipinski definition) is 1. The Morgan fingerprint density at radius 3 is 2.93 bits per heavy atom. The van der Waals surface area contributed by atoms with Crippen molar-refractivity contribution in [1.29, 1.82) is 0 Å². The number of halogens is 1. The highest BCUT2D eigenvalue weighted by Gasteiger charge is 2.03. The maximum absolute atomic E-state index is 5.26. The molecule has 0 saturated carbocycles. The molecule has 0 aromatic carbocycles. The van der Waals surface area contributed by atoms with E-state index in [4.69, 9.17) is 4.74 Å². The molecule has 5 heteroatoms. The number of hydrogen-bond acceptors (Lipinski definition) is 4. The predicted molar refractivity (Wildman–Crippen MR) is 68.9 cm³/mol. The molecule has 1 aromatic rings. The van der Waals surface area contributed by atoms with Gasteiger partial charge in [-0.25, -0.2) is 9.97 Å². The average molecular weight is 321 g/mol. The van der Waals surface area contributed by atoms with Crippen LogP contribution in [0.3, 0.4) is 0 Å². The molecule has 0 aliphatic rings. The summed E-state index contributed by atoms with van der Waals surface area (Å²) in [5.74, 6) is 1.64. The molecule has 0 saturated heterocycles. The SMILES string of the molecule is CCCNc1nc(COCC)ncc1I. The molecule has 1 rings (SSSR count). The van der Waals surface area contributed by atoms with Crippen LogP contribution in [0.4, 0.5) is 5.82 Å². The lowest BCUT2D eigenvalue weighted by molar-refractivity contribution is 0.128. The van der Waals surface area contributed by atoms with Crippen LogP contribution in [0.5, 0.6) is 0 Å². The molecule has 0 radical (unpaired) electrons. The predicted octanol–water partition coefficient (Wildman–Crippen LogP) is 2.44. The minimum atomic E-state index is 0.480. The first kappa shape index (κ1) is 12.6. The molecular formula is C10H16IN3O. The van der Waals surface area contributed by atoms with Crippen LogP contribution in [0.2, 0.25) is 0 Å². The van der Waals surface area contributed by atoms with Gasteiger partial charge >= 0.3 is 0 Å².